The van der Waals surface area contributed by atoms with Crippen molar-refractivity contribution in [2.45, 2.75) is 64.0 Å². The van der Waals surface area contributed by atoms with Gasteiger partial charge in [0.15, 0.2) is 0 Å². The smallest absolute Gasteiger partial charge is 0.229 e. The molecule has 0 bridgehead atoms. The molecule has 2 aliphatic carbocycles. The third-order valence-corrected chi connectivity index (χ3v) is 6.65. The zero-order valence-electron chi connectivity index (χ0n) is 17.2. The first-order valence-electron chi connectivity index (χ1n) is 10.9. The summed E-state index contributed by atoms with van der Waals surface area (Å²) in [5.41, 5.74) is 2.10. The molecule has 1 heterocycles. The second-order valence-corrected chi connectivity index (χ2v) is 8.80. The number of hydrogen-bond donors (Lipinski definition) is 0. The number of ether oxygens (including phenoxy) is 1. The number of carbonyl (C=O) groups is 1. The van der Waals surface area contributed by atoms with Gasteiger partial charge in [-0.25, -0.2) is 5.01 Å². The number of hydrazone groups is 1. The van der Waals surface area contributed by atoms with Crippen molar-refractivity contribution < 1.29 is 9.53 Å². The quantitative estimate of drug-likeness (QED) is 0.407. The molecule has 1 aromatic rings. The lowest BCUT2D eigenvalue weighted by Crippen LogP contribution is -2.43. The second kappa shape index (κ2) is 8.64. The Hall–Kier alpha value is -1.88. The molecule has 28 heavy (non-hydrogen) atoms. The molecule has 1 aliphatic heterocycles. The summed E-state index contributed by atoms with van der Waals surface area (Å²) >= 11 is 0. The van der Waals surface area contributed by atoms with Crippen LogP contribution in [0.5, 0.6) is 5.75 Å². The van der Waals surface area contributed by atoms with E-state index in [0.717, 1.165) is 48.7 Å². The van der Waals surface area contributed by atoms with E-state index in [4.69, 9.17) is 4.74 Å². The van der Waals surface area contributed by atoms with Crippen LogP contribution >= 0.6 is 0 Å². The number of hydrogen-bond acceptors (Lipinski definition) is 4. The Labute approximate surface area is 168 Å². The maximum atomic E-state index is 11.0. The van der Waals surface area contributed by atoms with Crippen LogP contribution in [0.1, 0.15) is 57.4 Å². The summed E-state index contributed by atoms with van der Waals surface area (Å²) in [6.45, 7) is 4.57. The van der Waals surface area contributed by atoms with Gasteiger partial charge in [-0.3, -0.25) is 4.79 Å². The Morgan fingerprint density at radius 1 is 1.14 bits per heavy atom. The van der Waals surface area contributed by atoms with Crippen molar-refractivity contribution in [1.82, 2.24) is 9.91 Å². The fourth-order valence-corrected chi connectivity index (χ4v) is 4.77. The van der Waals surface area contributed by atoms with Crippen LogP contribution < -0.4 is 4.74 Å². The Morgan fingerprint density at radius 3 is 2.36 bits per heavy atom. The van der Waals surface area contributed by atoms with Crippen LogP contribution in [0, 0.1) is 11.8 Å². The van der Waals surface area contributed by atoms with Crippen molar-refractivity contribution in [2.24, 2.45) is 16.9 Å². The SMILES string of the molecule is CC1CC1/C(=N\N(C)C=O)c1ccc(OC2CCN(C3CCCC3)CC2)cc1. The fourth-order valence-electron chi connectivity index (χ4n) is 4.77. The van der Waals surface area contributed by atoms with Crippen LogP contribution in [-0.4, -0.2) is 54.3 Å². The highest BCUT2D eigenvalue weighted by molar-refractivity contribution is 6.04. The third-order valence-electron chi connectivity index (χ3n) is 6.65. The van der Waals surface area contributed by atoms with E-state index in [1.165, 1.54) is 43.8 Å². The molecule has 152 valence electrons. The molecule has 5 nitrogen and oxygen atoms in total. The molecule has 2 atom stereocenters. The lowest BCUT2D eigenvalue weighted by molar-refractivity contribution is -0.117. The van der Waals surface area contributed by atoms with E-state index in [-0.39, 0.29) is 0 Å². The Morgan fingerprint density at radius 2 is 1.79 bits per heavy atom. The number of benzene rings is 1. The Kier molecular flexibility index (Phi) is 6.00. The van der Waals surface area contributed by atoms with Crippen LogP contribution in [0.3, 0.4) is 0 Å². The maximum absolute atomic E-state index is 11.0. The van der Waals surface area contributed by atoms with Crippen LogP contribution in [-0.2, 0) is 4.79 Å². The molecule has 1 aromatic carbocycles. The molecule has 5 heteroatoms. The van der Waals surface area contributed by atoms with Crippen LogP contribution in [0.4, 0.5) is 0 Å². The minimum atomic E-state index is 0.321. The molecule has 0 N–H and O–H groups in total. The average Bonchev–Trinajstić information content (AvgIpc) is 3.19. The highest BCUT2D eigenvalue weighted by Crippen LogP contribution is 2.41. The van der Waals surface area contributed by atoms with E-state index in [2.05, 4.69) is 41.2 Å². The van der Waals surface area contributed by atoms with E-state index in [1.807, 2.05) is 0 Å². The number of rotatable bonds is 7. The van der Waals surface area contributed by atoms with Gasteiger partial charge in [-0.2, -0.15) is 5.10 Å². The van der Waals surface area contributed by atoms with E-state index >= 15 is 0 Å². The average molecular weight is 384 g/mol. The summed E-state index contributed by atoms with van der Waals surface area (Å²) in [6.07, 6.45) is 10.0. The number of amides is 1. The van der Waals surface area contributed by atoms with Gasteiger partial charge in [-0.15, -0.1) is 0 Å². The summed E-state index contributed by atoms with van der Waals surface area (Å²) in [5.74, 6) is 2.03. The Balaban J connectivity index is 1.34. The van der Waals surface area contributed by atoms with E-state index in [0.29, 0.717) is 17.9 Å². The number of carbonyl (C=O) groups excluding carboxylic acids is 1. The maximum Gasteiger partial charge on any atom is 0.229 e. The largest absolute Gasteiger partial charge is 0.490 e. The van der Waals surface area contributed by atoms with Crippen molar-refractivity contribution in [3.05, 3.63) is 29.8 Å². The summed E-state index contributed by atoms with van der Waals surface area (Å²) in [6, 6.07) is 9.12. The van der Waals surface area contributed by atoms with Gasteiger partial charge in [0.25, 0.3) is 0 Å². The van der Waals surface area contributed by atoms with Gasteiger partial charge in [-0.1, -0.05) is 19.8 Å². The van der Waals surface area contributed by atoms with Crippen molar-refractivity contribution in [3.8, 4) is 5.75 Å². The van der Waals surface area contributed by atoms with E-state index < -0.39 is 0 Å². The molecule has 2 unspecified atom stereocenters. The molecule has 1 amide bonds. The first-order chi connectivity index (χ1) is 13.6. The molecule has 0 aromatic heterocycles. The summed E-state index contributed by atoms with van der Waals surface area (Å²) in [4.78, 5) is 13.7. The van der Waals surface area contributed by atoms with Crippen molar-refractivity contribution >= 4 is 12.1 Å². The van der Waals surface area contributed by atoms with Crippen LogP contribution in [0.15, 0.2) is 29.4 Å². The third kappa shape index (κ3) is 4.57. The molecule has 3 aliphatic rings. The molecule has 0 spiro atoms. The zero-order valence-corrected chi connectivity index (χ0v) is 17.2. The minimum Gasteiger partial charge on any atom is -0.490 e. The molecule has 2 saturated carbocycles. The van der Waals surface area contributed by atoms with Gasteiger partial charge in [0, 0.05) is 32.1 Å². The van der Waals surface area contributed by atoms with Crippen LogP contribution in [0.25, 0.3) is 0 Å². The fraction of sp³-hybridized carbons (Fsp3) is 0.652. The van der Waals surface area contributed by atoms with Gasteiger partial charge >= 0.3 is 0 Å². The van der Waals surface area contributed by atoms with Crippen molar-refractivity contribution in [1.29, 1.82) is 0 Å². The standard InChI is InChI=1S/C23H33N3O2/c1-17-15-22(17)23(24-25(2)16-27)18-7-9-20(10-8-18)28-21-11-13-26(14-12-21)19-5-3-4-6-19/h7-10,16-17,19,21-22H,3-6,11-15H2,1-2H3/b24-23-. The van der Waals surface area contributed by atoms with Crippen LogP contribution in [0.2, 0.25) is 0 Å². The first-order valence-corrected chi connectivity index (χ1v) is 10.9. The van der Waals surface area contributed by atoms with Gasteiger partial charge in [0.05, 0.1) is 5.71 Å². The molecule has 0 radical (unpaired) electrons. The van der Waals surface area contributed by atoms with E-state index in [9.17, 15) is 4.79 Å². The number of nitrogens with zero attached hydrogens (tertiary/aromatic N) is 3. The van der Waals surface area contributed by atoms with Crippen molar-refractivity contribution in [2.75, 3.05) is 20.1 Å². The van der Waals surface area contributed by atoms with E-state index in [1.54, 1.807) is 7.05 Å². The number of piperidine rings is 1. The number of likely N-dealkylation sites (tertiary alicyclic amines) is 1. The monoisotopic (exact) mass is 383 g/mol. The summed E-state index contributed by atoms with van der Waals surface area (Å²) in [5, 5.41) is 5.87. The van der Waals surface area contributed by atoms with Crippen molar-refractivity contribution in [3.63, 3.8) is 0 Å². The van der Waals surface area contributed by atoms with Gasteiger partial charge in [-0.05, 0) is 67.9 Å². The highest BCUT2D eigenvalue weighted by atomic mass is 16.5. The lowest BCUT2D eigenvalue weighted by atomic mass is 10.0. The zero-order chi connectivity index (χ0) is 19.5. The van der Waals surface area contributed by atoms with Gasteiger partial charge < -0.3 is 9.64 Å². The predicted molar refractivity (Wildman–Crippen MR) is 112 cm³/mol. The lowest BCUT2D eigenvalue weighted by Gasteiger charge is -2.36. The second-order valence-electron chi connectivity index (χ2n) is 8.80. The Bertz CT molecular complexity index is 688. The topological polar surface area (TPSA) is 45.1 Å². The normalized spacial score (nSPS) is 27.0. The molecular formula is C23H33N3O2. The van der Waals surface area contributed by atoms with Gasteiger partial charge in [0.2, 0.25) is 6.41 Å². The first kappa shape index (κ1) is 19.4. The highest BCUT2D eigenvalue weighted by Gasteiger charge is 2.38. The molecule has 1 saturated heterocycles. The summed E-state index contributed by atoms with van der Waals surface area (Å²) < 4.78 is 6.27. The van der Waals surface area contributed by atoms with Gasteiger partial charge in [0.1, 0.15) is 11.9 Å². The predicted octanol–water partition coefficient (Wildman–Crippen LogP) is 3.92. The molecule has 4 rings (SSSR count). The minimum absolute atomic E-state index is 0.321. The molecule has 3 fully saturated rings. The summed E-state index contributed by atoms with van der Waals surface area (Å²) in [7, 11) is 1.69. The molecular weight excluding hydrogens is 350 g/mol.